The maximum atomic E-state index is 13.8. The van der Waals surface area contributed by atoms with Crippen molar-refractivity contribution >= 4 is 11.6 Å². The first-order valence-corrected chi connectivity index (χ1v) is 15.1. The molecule has 0 radical (unpaired) electrons. The number of Topliss-reactive ketones (excluding diaryl/α,β-unsaturated/α-hetero) is 2. The Bertz CT molecular complexity index is 1000. The van der Waals surface area contributed by atoms with Gasteiger partial charge in [-0.2, -0.15) is 0 Å². The van der Waals surface area contributed by atoms with E-state index in [9.17, 15) is 9.59 Å². The number of hydrogen-bond acceptors (Lipinski definition) is 2. The lowest BCUT2D eigenvalue weighted by Crippen LogP contribution is -2.22. The molecule has 0 aliphatic rings. The fraction of sp³-hybridized carbons (Fsp3) is 0.600. The topological polar surface area (TPSA) is 34.1 Å². The molecule has 0 aliphatic heterocycles. The number of unbranched alkanes of at least 4 members (excludes halogenated alkanes) is 3. The van der Waals surface area contributed by atoms with E-state index in [1.807, 2.05) is 18.2 Å². The summed E-state index contributed by atoms with van der Waals surface area (Å²) in [5, 5.41) is 0. The van der Waals surface area contributed by atoms with Crippen LogP contribution in [0.5, 0.6) is 0 Å². The third-order valence-electron chi connectivity index (χ3n) is 8.07. The first-order chi connectivity index (χ1) is 17.8. The van der Waals surface area contributed by atoms with E-state index in [0.29, 0.717) is 17.4 Å². The zero-order valence-electron chi connectivity index (χ0n) is 24.8. The highest BCUT2D eigenvalue weighted by Gasteiger charge is 2.29. The molecule has 0 heterocycles. The van der Waals surface area contributed by atoms with Gasteiger partial charge in [-0.3, -0.25) is 9.59 Å². The SMILES string of the molecule is CCCCC(C)c1ccc(C(=O)C(=O)Cc2cccc(CC)c2)c(C(C)CCCC)c1C(C)CCCC. The van der Waals surface area contributed by atoms with Crippen molar-refractivity contribution in [3.05, 3.63) is 69.8 Å². The molecule has 2 nitrogen and oxygen atoms in total. The van der Waals surface area contributed by atoms with Crippen LogP contribution in [0.15, 0.2) is 36.4 Å². The van der Waals surface area contributed by atoms with Crippen molar-refractivity contribution in [1.29, 1.82) is 0 Å². The normalized spacial score (nSPS) is 13.8. The molecule has 0 spiro atoms. The van der Waals surface area contributed by atoms with Gasteiger partial charge in [0.25, 0.3) is 0 Å². The van der Waals surface area contributed by atoms with Crippen LogP contribution in [0.25, 0.3) is 0 Å². The third-order valence-corrected chi connectivity index (χ3v) is 8.07. The highest BCUT2D eigenvalue weighted by atomic mass is 16.2. The molecule has 0 saturated heterocycles. The van der Waals surface area contributed by atoms with E-state index < -0.39 is 0 Å². The second-order valence-corrected chi connectivity index (χ2v) is 11.3. The molecule has 3 atom stereocenters. The van der Waals surface area contributed by atoms with Gasteiger partial charge in [0.05, 0.1) is 0 Å². The maximum Gasteiger partial charge on any atom is 0.229 e. The number of carbonyl (C=O) groups is 2. The predicted molar refractivity (Wildman–Crippen MR) is 159 cm³/mol. The van der Waals surface area contributed by atoms with Gasteiger partial charge < -0.3 is 0 Å². The lowest BCUT2D eigenvalue weighted by Gasteiger charge is -2.29. The van der Waals surface area contributed by atoms with Crippen LogP contribution in [0, 0.1) is 0 Å². The van der Waals surface area contributed by atoms with Gasteiger partial charge in [-0.15, -0.1) is 0 Å². The predicted octanol–water partition coefficient (Wildman–Crippen LogP) is 10.1. The smallest absolute Gasteiger partial charge is 0.229 e. The largest absolute Gasteiger partial charge is 0.290 e. The van der Waals surface area contributed by atoms with Gasteiger partial charge >= 0.3 is 0 Å². The van der Waals surface area contributed by atoms with Crippen LogP contribution in [0.1, 0.15) is 162 Å². The van der Waals surface area contributed by atoms with Crippen molar-refractivity contribution in [2.24, 2.45) is 0 Å². The van der Waals surface area contributed by atoms with E-state index in [-0.39, 0.29) is 23.9 Å². The summed E-state index contributed by atoms with van der Waals surface area (Å²) >= 11 is 0. The lowest BCUT2D eigenvalue weighted by atomic mass is 9.75. The molecule has 37 heavy (non-hydrogen) atoms. The van der Waals surface area contributed by atoms with Crippen molar-refractivity contribution in [2.75, 3.05) is 0 Å². The summed E-state index contributed by atoms with van der Waals surface area (Å²) in [5.41, 5.74) is 6.72. The Morgan fingerprint density at radius 2 is 1.22 bits per heavy atom. The fourth-order valence-electron chi connectivity index (χ4n) is 5.71. The third kappa shape index (κ3) is 8.66. The molecule has 0 bridgehead atoms. The summed E-state index contributed by atoms with van der Waals surface area (Å²) in [6.07, 6.45) is 11.4. The monoisotopic (exact) mass is 504 g/mol. The average molecular weight is 505 g/mol. The van der Waals surface area contributed by atoms with Crippen LogP contribution < -0.4 is 0 Å². The number of carbonyl (C=O) groups excluding carboxylic acids is 2. The molecule has 3 unspecified atom stereocenters. The number of rotatable bonds is 17. The van der Waals surface area contributed by atoms with Crippen molar-refractivity contribution in [3.63, 3.8) is 0 Å². The zero-order chi connectivity index (χ0) is 27.4. The Kier molecular flexibility index (Phi) is 13.3. The molecule has 0 fully saturated rings. The first-order valence-electron chi connectivity index (χ1n) is 15.1. The van der Waals surface area contributed by atoms with Crippen molar-refractivity contribution in [1.82, 2.24) is 0 Å². The summed E-state index contributed by atoms with van der Waals surface area (Å²) in [7, 11) is 0. The van der Waals surface area contributed by atoms with Crippen LogP contribution in [-0.4, -0.2) is 11.6 Å². The molecular weight excluding hydrogens is 452 g/mol. The summed E-state index contributed by atoms with van der Waals surface area (Å²) in [5.74, 6) is 0.482. The van der Waals surface area contributed by atoms with E-state index in [4.69, 9.17) is 0 Å². The Morgan fingerprint density at radius 1 is 0.676 bits per heavy atom. The minimum absolute atomic E-state index is 0.171. The molecule has 0 saturated carbocycles. The van der Waals surface area contributed by atoms with Gasteiger partial charge in [0.15, 0.2) is 0 Å². The molecular formula is C35H52O2. The van der Waals surface area contributed by atoms with Crippen LogP contribution in [0.3, 0.4) is 0 Å². The Morgan fingerprint density at radius 3 is 1.78 bits per heavy atom. The summed E-state index contributed by atoms with van der Waals surface area (Å²) in [6, 6.07) is 12.3. The minimum atomic E-state index is -0.308. The number of hydrogen-bond donors (Lipinski definition) is 0. The molecule has 204 valence electrons. The summed E-state index contributed by atoms with van der Waals surface area (Å²) in [6.45, 7) is 15.8. The van der Waals surface area contributed by atoms with Gasteiger partial charge in [0.1, 0.15) is 0 Å². The van der Waals surface area contributed by atoms with Gasteiger partial charge in [0.2, 0.25) is 11.6 Å². The zero-order valence-corrected chi connectivity index (χ0v) is 24.8. The van der Waals surface area contributed by atoms with Crippen LogP contribution >= 0.6 is 0 Å². The van der Waals surface area contributed by atoms with Crippen molar-refractivity contribution in [2.45, 2.75) is 137 Å². The number of aryl methyl sites for hydroxylation is 1. The second kappa shape index (κ2) is 15.9. The number of benzene rings is 2. The van der Waals surface area contributed by atoms with E-state index in [1.54, 1.807) is 0 Å². The average Bonchev–Trinajstić information content (AvgIpc) is 2.91. The van der Waals surface area contributed by atoms with E-state index >= 15 is 0 Å². The molecule has 0 amide bonds. The van der Waals surface area contributed by atoms with E-state index in [0.717, 1.165) is 44.1 Å². The maximum absolute atomic E-state index is 13.8. The van der Waals surface area contributed by atoms with Gasteiger partial charge in [-0.25, -0.2) is 0 Å². The summed E-state index contributed by atoms with van der Waals surface area (Å²) in [4.78, 5) is 27.2. The van der Waals surface area contributed by atoms with E-state index in [2.05, 4.69) is 66.7 Å². The quantitative estimate of drug-likeness (QED) is 0.159. The van der Waals surface area contributed by atoms with Crippen LogP contribution in [-0.2, 0) is 17.6 Å². The standard InChI is InChI=1S/C35H52O2/c1-8-12-16-25(5)30-21-22-31(35(37)32(36)24-29-20-15-19-28(11-4)23-29)34(27(7)18-14-10-3)33(30)26(6)17-13-9-2/h15,19-23,25-27H,8-14,16-18,24H2,1-7H3. The molecule has 2 heteroatoms. The van der Waals surface area contributed by atoms with E-state index in [1.165, 1.54) is 47.9 Å². The van der Waals surface area contributed by atoms with Crippen molar-refractivity contribution in [3.8, 4) is 0 Å². The highest BCUT2D eigenvalue weighted by Crippen LogP contribution is 2.40. The molecule has 0 aliphatic carbocycles. The Hall–Kier alpha value is -2.22. The molecule has 2 aromatic rings. The van der Waals surface area contributed by atoms with Crippen LogP contribution in [0.4, 0.5) is 0 Å². The molecule has 0 N–H and O–H groups in total. The Labute approximate surface area is 227 Å². The van der Waals surface area contributed by atoms with Gasteiger partial charge in [-0.1, -0.05) is 123 Å². The van der Waals surface area contributed by atoms with Crippen molar-refractivity contribution < 1.29 is 9.59 Å². The number of ketones is 2. The summed E-state index contributed by atoms with van der Waals surface area (Å²) < 4.78 is 0. The van der Waals surface area contributed by atoms with Gasteiger partial charge in [-0.05, 0) is 71.3 Å². The van der Waals surface area contributed by atoms with Gasteiger partial charge in [0, 0.05) is 12.0 Å². The molecule has 2 aromatic carbocycles. The first kappa shape index (κ1) is 31.0. The second-order valence-electron chi connectivity index (χ2n) is 11.3. The minimum Gasteiger partial charge on any atom is -0.290 e. The fourth-order valence-corrected chi connectivity index (χ4v) is 5.71. The van der Waals surface area contributed by atoms with Crippen LogP contribution in [0.2, 0.25) is 0 Å². The highest BCUT2D eigenvalue weighted by molar-refractivity contribution is 6.44. The lowest BCUT2D eigenvalue weighted by molar-refractivity contribution is -0.114. The molecule has 0 aromatic heterocycles. The Balaban J connectivity index is 2.60. The molecule has 2 rings (SSSR count).